The first kappa shape index (κ1) is 17.4. The van der Waals surface area contributed by atoms with Crippen LogP contribution >= 0.6 is 0 Å². The third-order valence-corrected chi connectivity index (χ3v) is 8.58. The zero-order chi connectivity index (χ0) is 18.4. The highest BCUT2D eigenvalue weighted by Crippen LogP contribution is 2.69. The lowest BCUT2D eigenvalue weighted by atomic mass is 9.45. The second-order valence-electron chi connectivity index (χ2n) is 9.45. The smallest absolute Gasteiger partial charge is 0.178 e. The summed E-state index contributed by atoms with van der Waals surface area (Å²) in [6.07, 6.45) is 2.97. The number of aliphatic hydroxyl groups excluding tert-OH is 1. The second kappa shape index (κ2) is 5.03. The molecule has 0 aromatic heterocycles. The number of ketones is 1. The Balaban J connectivity index is 1.86. The molecule has 4 aliphatic carbocycles. The lowest BCUT2D eigenvalue weighted by Gasteiger charge is -2.62. The zero-order valence-corrected chi connectivity index (χ0v) is 15.4. The van der Waals surface area contributed by atoms with Gasteiger partial charge in [-0.05, 0) is 67.1 Å². The molecule has 0 radical (unpaired) electrons. The molecule has 0 aromatic rings. The van der Waals surface area contributed by atoms with E-state index in [9.17, 15) is 9.90 Å². The van der Waals surface area contributed by atoms with Crippen molar-refractivity contribution in [2.75, 3.05) is 0 Å². The second-order valence-corrected chi connectivity index (χ2v) is 9.45. The van der Waals surface area contributed by atoms with Crippen molar-refractivity contribution in [3.05, 3.63) is 23.8 Å². The number of aliphatic hydroxyl groups is 1. The molecule has 0 bridgehead atoms. The minimum absolute atomic E-state index is 0.0635. The summed E-state index contributed by atoms with van der Waals surface area (Å²) in [6, 6.07) is 0. The molecule has 0 aliphatic heterocycles. The number of carbonyl (C=O) groups is 1. The van der Waals surface area contributed by atoms with Gasteiger partial charge in [0, 0.05) is 11.3 Å². The van der Waals surface area contributed by atoms with Crippen LogP contribution in [-0.4, -0.2) is 28.8 Å². The van der Waals surface area contributed by atoms with E-state index in [1.807, 2.05) is 0 Å². The van der Waals surface area contributed by atoms with Crippen LogP contribution in [0, 0.1) is 34.5 Å². The molecule has 1 N–H and O–H groups in total. The quantitative estimate of drug-likeness (QED) is 0.711. The van der Waals surface area contributed by atoms with Crippen LogP contribution in [-0.2, 0) is 4.79 Å². The third kappa shape index (κ3) is 1.90. The molecule has 0 heterocycles. The summed E-state index contributed by atoms with van der Waals surface area (Å²) in [4.78, 5) is 11.8. The van der Waals surface area contributed by atoms with Crippen molar-refractivity contribution in [1.82, 2.24) is 0 Å². The average molecular weight is 350 g/mol. The van der Waals surface area contributed by atoms with Crippen molar-refractivity contribution in [3.63, 3.8) is 0 Å². The van der Waals surface area contributed by atoms with Crippen molar-refractivity contribution in [3.8, 4) is 0 Å². The largest absolute Gasteiger partial charge is 0.390 e. The van der Waals surface area contributed by atoms with Gasteiger partial charge in [0.1, 0.15) is 6.17 Å². The van der Waals surface area contributed by atoms with E-state index < -0.39 is 29.3 Å². The van der Waals surface area contributed by atoms with Gasteiger partial charge >= 0.3 is 0 Å². The van der Waals surface area contributed by atoms with Gasteiger partial charge in [-0.25, -0.2) is 8.78 Å². The van der Waals surface area contributed by atoms with Crippen LogP contribution in [0.1, 0.15) is 47.0 Å². The number of hydrogen-bond acceptors (Lipinski definition) is 2. The number of carbonyl (C=O) groups excluding carboxylic acids is 1. The molecule has 4 aliphatic rings. The number of hydrogen-bond donors (Lipinski definition) is 1. The number of alkyl halides is 2. The Hall–Kier alpha value is -1.03. The molecule has 0 saturated heterocycles. The number of allylic oxidation sites excluding steroid dienone is 4. The summed E-state index contributed by atoms with van der Waals surface area (Å²) in [6.45, 7) is 8.18. The zero-order valence-electron chi connectivity index (χ0n) is 15.4. The first-order valence-electron chi connectivity index (χ1n) is 9.52. The Labute approximate surface area is 148 Å². The molecule has 138 valence electrons. The number of rotatable bonds is 0. The molecule has 6 unspecified atom stereocenters. The maximum atomic E-state index is 16.7. The van der Waals surface area contributed by atoms with Gasteiger partial charge in [0.25, 0.3) is 0 Å². The van der Waals surface area contributed by atoms with E-state index in [-0.39, 0.29) is 29.1 Å². The molecule has 0 amide bonds. The van der Waals surface area contributed by atoms with Crippen molar-refractivity contribution < 1.29 is 18.7 Å². The average Bonchev–Trinajstić information content (AvgIpc) is 2.76. The van der Waals surface area contributed by atoms with E-state index in [1.54, 1.807) is 6.92 Å². The van der Waals surface area contributed by atoms with Gasteiger partial charge < -0.3 is 5.11 Å². The minimum Gasteiger partial charge on any atom is -0.390 e. The Bertz CT molecular complexity index is 685. The summed E-state index contributed by atoms with van der Waals surface area (Å²) in [5, 5.41) is 11.0. The summed E-state index contributed by atoms with van der Waals surface area (Å²) >= 11 is 0. The van der Waals surface area contributed by atoms with E-state index >= 15 is 8.78 Å². The van der Waals surface area contributed by atoms with Gasteiger partial charge in [0.2, 0.25) is 0 Å². The molecule has 3 fully saturated rings. The van der Waals surface area contributed by atoms with Crippen molar-refractivity contribution in [2.24, 2.45) is 34.5 Å². The van der Waals surface area contributed by atoms with Crippen molar-refractivity contribution in [2.45, 2.75) is 64.9 Å². The maximum Gasteiger partial charge on any atom is 0.178 e. The van der Waals surface area contributed by atoms with Crippen LogP contribution in [0.15, 0.2) is 23.8 Å². The fourth-order valence-electron chi connectivity index (χ4n) is 6.81. The summed E-state index contributed by atoms with van der Waals surface area (Å²) < 4.78 is 31.8. The molecule has 9 atom stereocenters. The molecule has 4 heteroatoms. The molecule has 0 spiro atoms. The first-order chi connectivity index (χ1) is 11.6. The lowest BCUT2D eigenvalue weighted by Crippen LogP contribution is -2.68. The maximum absolute atomic E-state index is 16.7. The van der Waals surface area contributed by atoms with Gasteiger partial charge in [-0.2, -0.15) is 0 Å². The highest BCUT2D eigenvalue weighted by Gasteiger charge is 2.72. The lowest BCUT2D eigenvalue weighted by molar-refractivity contribution is -0.200. The number of halogens is 2. The third-order valence-electron chi connectivity index (χ3n) is 8.58. The normalized spacial score (nSPS) is 57.6. The number of fused-ring (bicyclic) bond motifs is 5. The minimum atomic E-state index is -1.92. The fraction of sp³-hybridized carbons (Fsp3) is 0.762. The van der Waals surface area contributed by atoms with Crippen LogP contribution in [0.4, 0.5) is 8.78 Å². The van der Waals surface area contributed by atoms with Gasteiger partial charge in [0.15, 0.2) is 11.5 Å². The standard InChI is InChI=1S/C21H28F2O2/c1-11-7-14-15-9-17(22)16-8-13(24)5-6-20(16,4)21(15,23)18(25)10-19(14,3)12(11)2/h5-6,8,11-12,14-15,17-18,25H,7,9-10H2,1-4H3/t11-,12?,14?,15?,17+,18?,19?,20?,21+/m1/s1. The van der Waals surface area contributed by atoms with Gasteiger partial charge in [-0.1, -0.05) is 26.8 Å². The molecule has 4 rings (SSSR count). The summed E-state index contributed by atoms with van der Waals surface area (Å²) in [5.74, 6) is 0.0615. The Morgan fingerprint density at radius 1 is 1.20 bits per heavy atom. The Morgan fingerprint density at radius 2 is 1.88 bits per heavy atom. The van der Waals surface area contributed by atoms with Gasteiger partial charge in [0.05, 0.1) is 6.10 Å². The van der Waals surface area contributed by atoms with Crippen molar-refractivity contribution in [1.29, 1.82) is 0 Å². The first-order valence-corrected chi connectivity index (χ1v) is 9.52. The molecular formula is C21H28F2O2. The van der Waals surface area contributed by atoms with E-state index in [4.69, 9.17) is 0 Å². The molecule has 3 saturated carbocycles. The monoisotopic (exact) mass is 350 g/mol. The molecular weight excluding hydrogens is 322 g/mol. The van der Waals surface area contributed by atoms with E-state index in [2.05, 4.69) is 20.8 Å². The fourth-order valence-corrected chi connectivity index (χ4v) is 6.81. The summed E-state index contributed by atoms with van der Waals surface area (Å²) in [7, 11) is 0. The van der Waals surface area contributed by atoms with Crippen LogP contribution in [0.2, 0.25) is 0 Å². The molecule has 25 heavy (non-hydrogen) atoms. The summed E-state index contributed by atoms with van der Waals surface area (Å²) in [5.41, 5.74) is -3.13. The van der Waals surface area contributed by atoms with Crippen LogP contribution in [0.3, 0.4) is 0 Å². The predicted octanol–water partition coefficient (Wildman–Crippen LogP) is 4.19. The van der Waals surface area contributed by atoms with E-state index in [0.29, 0.717) is 18.3 Å². The predicted molar refractivity (Wildman–Crippen MR) is 92.3 cm³/mol. The van der Waals surface area contributed by atoms with Crippen LogP contribution in [0.5, 0.6) is 0 Å². The topological polar surface area (TPSA) is 37.3 Å². The molecule has 2 nitrogen and oxygen atoms in total. The van der Waals surface area contributed by atoms with E-state index in [0.717, 1.165) is 6.42 Å². The van der Waals surface area contributed by atoms with Crippen LogP contribution < -0.4 is 0 Å². The highest BCUT2D eigenvalue weighted by atomic mass is 19.1. The Morgan fingerprint density at radius 3 is 2.56 bits per heavy atom. The highest BCUT2D eigenvalue weighted by molar-refractivity contribution is 6.01. The van der Waals surface area contributed by atoms with Crippen molar-refractivity contribution >= 4 is 5.78 Å². The van der Waals surface area contributed by atoms with Gasteiger partial charge in [-0.15, -0.1) is 0 Å². The SMILES string of the molecule is CC1[C@H](C)CC2C3C[C@H](F)C4=CC(=O)C=CC4(C)[C@@]3(F)C(O)CC21C. The molecule has 0 aromatic carbocycles. The van der Waals surface area contributed by atoms with E-state index in [1.165, 1.54) is 18.2 Å². The van der Waals surface area contributed by atoms with Gasteiger partial charge in [-0.3, -0.25) is 4.79 Å². The Kier molecular flexibility index (Phi) is 3.50. The van der Waals surface area contributed by atoms with Crippen LogP contribution in [0.25, 0.3) is 0 Å².